The minimum atomic E-state index is -0.528. The molecule has 0 atom stereocenters. The molecule has 4 rings (SSSR count). The van der Waals surface area contributed by atoms with Crippen molar-refractivity contribution in [3.8, 4) is 11.5 Å². The van der Waals surface area contributed by atoms with Gasteiger partial charge in [0.2, 0.25) is 5.91 Å². The van der Waals surface area contributed by atoms with Crippen LogP contribution in [0.15, 0.2) is 102 Å². The number of nitrogens with zero attached hydrogens (tertiary/aromatic N) is 2. The van der Waals surface area contributed by atoms with Gasteiger partial charge in [-0.2, -0.15) is 0 Å². The second kappa shape index (κ2) is 10.2. The molecule has 32 heavy (non-hydrogen) atoms. The number of halogens is 1. The third-order valence-electron chi connectivity index (χ3n) is 4.69. The smallest absolute Gasteiger partial charge is 0.247 e. The summed E-state index contributed by atoms with van der Waals surface area (Å²) in [6.45, 7) is 0.758. The van der Waals surface area contributed by atoms with Crippen molar-refractivity contribution >= 4 is 12.0 Å². The zero-order chi connectivity index (χ0) is 22.2. The van der Waals surface area contributed by atoms with Crippen LogP contribution < -0.4 is 4.74 Å². The molecule has 0 saturated carbocycles. The van der Waals surface area contributed by atoms with Gasteiger partial charge in [-0.25, -0.2) is 4.39 Å². The molecule has 2 heterocycles. The largest absolute Gasteiger partial charge is 0.467 e. The summed E-state index contributed by atoms with van der Waals surface area (Å²) in [6, 6.07) is 21.3. The van der Waals surface area contributed by atoms with Crippen molar-refractivity contribution < 1.29 is 18.3 Å². The molecule has 0 unspecified atom stereocenters. The molecule has 4 aromatic rings. The van der Waals surface area contributed by atoms with Crippen LogP contribution in [0.3, 0.4) is 0 Å². The molecule has 0 fully saturated rings. The predicted octanol–water partition coefficient (Wildman–Crippen LogP) is 5.85. The lowest BCUT2D eigenvalue weighted by Gasteiger charge is -2.20. The summed E-state index contributed by atoms with van der Waals surface area (Å²) >= 11 is 0. The van der Waals surface area contributed by atoms with Crippen LogP contribution in [0.4, 0.5) is 4.39 Å². The Bertz CT molecular complexity index is 1180. The highest BCUT2D eigenvalue weighted by Gasteiger charge is 2.14. The van der Waals surface area contributed by atoms with E-state index in [9.17, 15) is 9.18 Å². The average molecular weight is 428 g/mol. The number of aromatic nitrogens is 1. The lowest BCUT2D eigenvalue weighted by Crippen LogP contribution is -2.28. The molecular formula is C26H21FN2O3. The van der Waals surface area contributed by atoms with Crippen molar-refractivity contribution in [2.75, 3.05) is 0 Å². The first-order chi connectivity index (χ1) is 15.7. The van der Waals surface area contributed by atoms with Gasteiger partial charge in [-0.3, -0.25) is 9.78 Å². The maximum atomic E-state index is 14.5. The first-order valence-electron chi connectivity index (χ1n) is 10.1. The number of carbonyl (C=O) groups is 1. The number of hydrogen-bond acceptors (Lipinski definition) is 4. The molecule has 0 aliphatic carbocycles. The minimum Gasteiger partial charge on any atom is -0.467 e. The number of carbonyl (C=O) groups excluding carboxylic acids is 1. The van der Waals surface area contributed by atoms with E-state index >= 15 is 0 Å². The number of hydrogen-bond donors (Lipinski definition) is 0. The molecule has 0 bridgehead atoms. The van der Waals surface area contributed by atoms with Crippen molar-refractivity contribution in [1.29, 1.82) is 0 Å². The van der Waals surface area contributed by atoms with Crippen molar-refractivity contribution in [2.24, 2.45) is 0 Å². The van der Waals surface area contributed by atoms with Gasteiger partial charge in [-0.15, -0.1) is 0 Å². The molecule has 160 valence electrons. The van der Waals surface area contributed by atoms with Crippen LogP contribution in [0, 0.1) is 5.82 Å². The van der Waals surface area contributed by atoms with Crippen LogP contribution in [0.2, 0.25) is 0 Å². The first-order valence-corrected chi connectivity index (χ1v) is 10.1. The summed E-state index contributed by atoms with van der Waals surface area (Å²) in [6.07, 6.45) is 7.71. The van der Waals surface area contributed by atoms with Gasteiger partial charge in [0.05, 0.1) is 19.0 Å². The van der Waals surface area contributed by atoms with E-state index in [2.05, 4.69) is 4.98 Å². The summed E-state index contributed by atoms with van der Waals surface area (Å²) in [7, 11) is 0. The first kappa shape index (κ1) is 21.1. The van der Waals surface area contributed by atoms with Gasteiger partial charge in [0.15, 0.2) is 11.6 Å². The monoisotopic (exact) mass is 428 g/mol. The number of pyridine rings is 1. The molecular weight excluding hydrogens is 407 g/mol. The van der Waals surface area contributed by atoms with Crippen molar-refractivity contribution in [2.45, 2.75) is 13.1 Å². The molecule has 2 aromatic heterocycles. The summed E-state index contributed by atoms with van der Waals surface area (Å²) < 4.78 is 25.4. The fourth-order valence-corrected chi connectivity index (χ4v) is 3.12. The quantitative estimate of drug-likeness (QED) is 0.331. The molecule has 0 N–H and O–H groups in total. The van der Waals surface area contributed by atoms with E-state index in [1.807, 2.05) is 36.4 Å². The SMILES string of the molecule is O=C(/C=C/c1ccc(Oc2cccnc2)c(F)c1)N(Cc1ccccc1)Cc1ccco1. The predicted molar refractivity (Wildman–Crippen MR) is 119 cm³/mol. The third-order valence-corrected chi connectivity index (χ3v) is 4.69. The van der Waals surface area contributed by atoms with Gasteiger partial charge < -0.3 is 14.1 Å². The van der Waals surface area contributed by atoms with Gasteiger partial charge >= 0.3 is 0 Å². The standard InChI is InChI=1S/C26H21FN2O3/c27-24-16-20(10-12-25(24)32-22-8-4-14-28-17-22)11-13-26(30)29(19-23-9-5-15-31-23)18-21-6-2-1-3-7-21/h1-17H,18-19H2/b13-11+. The minimum absolute atomic E-state index is 0.0880. The highest BCUT2D eigenvalue weighted by Crippen LogP contribution is 2.25. The van der Waals surface area contributed by atoms with E-state index in [1.54, 1.807) is 47.7 Å². The van der Waals surface area contributed by atoms with Crippen molar-refractivity contribution in [1.82, 2.24) is 9.88 Å². The van der Waals surface area contributed by atoms with Gasteiger partial charge in [0, 0.05) is 18.8 Å². The van der Waals surface area contributed by atoms with Gasteiger partial charge in [-0.05, 0) is 53.6 Å². The van der Waals surface area contributed by atoms with Crippen molar-refractivity contribution in [3.05, 3.63) is 120 Å². The Balaban J connectivity index is 1.47. The second-order valence-corrected chi connectivity index (χ2v) is 7.07. The Morgan fingerprint density at radius 1 is 1.03 bits per heavy atom. The van der Waals surface area contributed by atoms with E-state index in [0.717, 1.165) is 5.56 Å². The van der Waals surface area contributed by atoms with E-state index in [4.69, 9.17) is 9.15 Å². The summed E-state index contributed by atoms with van der Waals surface area (Å²) in [5.74, 6) is 0.483. The molecule has 2 aromatic carbocycles. The molecule has 0 radical (unpaired) electrons. The van der Waals surface area contributed by atoms with Crippen LogP contribution >= 0.6 is 0 Å². The fraction of sp³-hybridized carbons (Fsp3) is 0.0769. The molecule has 0 aliphatic heterocycles. The van der Waals surface area contributed by atoms with Crippen LogP contribution in [0.1, 0.15) is 16.9 Å². The Kier molecular flexibility index (Phi) is 6.72. The molecule has 0 saturated heterocycles. The van der Waals surface area contributed by atoms with E-state index < -0.39 is 5.82 Å². The lowest BCUT2D eigenvalue weighted by molar-refractivity contribution is -0.127. The van der Waals surface area contributed by atoms with Crippen LogP contribution in [-0.2, 0) is 17.9 Å². The highest BCUT2D eigenvalue weighted by atomic mass is 19.1. The Morgan fingerprint density at radius 3 is 2.62 bits per heavy atom. The molecule has 6 heteroatoms. The Morgan fingerprint density at radius 2 is 1.91 bits per heavy atom. The summed E-state index contributed by atoms with van der Waals surface area (Å²) in [5.41, 5.74) is 1.55. The van der Waals surface area contributed by atoms with Crippen LogP contribution in [-0.4, -0.2) is 15.8 Å². The molecule has 0 aliphatic rings. The highest BCUT2D eigenvalue weighted by molar-refractivity contribution is 5.91. The van der Waals surface area contributed by atoms with E-state index in [-0.39, 0.29) is 11.7 Å². The topological polar surface area (TPSA) is 55.6 Å². The van der Waals surface area contributed by atoms with Gasteiger partial charge in [0.25, 0.3) is 0 Å². The third kappa shape index (κ3) is 5.70. The van der Waals surface area contributed by atoms with Gasteiger partial charge in [-0.1, -0.05) is 36.4 Å². The maximum absolute atomic E-state index is 14.5. The summed E-state index contributed by atoms with van der Waals surface area (Å²) in [4.78, 5) is 18.5. The van der Waals surface area contributed by atoms with Crippen molar-refractivity contribution in [3.63, 3.8) is 0 Å². The normalized spacial score (nSPS) is 10.9. The van der Waals surface area contributed by atoms with Crippen LogP contribution in [0.25, 0.3) is 6.08 Å². The summed E-state index contributed by atoms with van der Waals surface area (Å²) in [5, 5.41) is 0. The number of furan rings is 1. The van der Waals surface area contributed by atoms with E-state index in [0.29, 0.717) is 30.2 Å². The van der Waals surface area contributed by atoms with Gasteiger partial charge in [0.1, 0.15) is 11.5 Å². The molecule has 5 nitrogen and oxygen atoms in total. The second-order valence-electron chi connectivity index (χ2n) is 7.07. The fourth-order valence-electron chi connectivity index (χ4n) is 3.12. The van der Waals surface area contributed by atoms with E-state index in [1.165, 1.54) is 24.4 Å². The average Bonchev–Trinajstić information content (AvgIpc) is 3.33. The zero-order valence-electron chi connectivity index (χ0n) is 17.2. The van der Waals surface area contributed by atoms with Crippen LogP contribution in [0.5, 0.6) is 11.5 Å². The lowest BCUT2D eigenvalue weighted by atomic mass is 10.1. The number of benzene rings is 2. The maximum Gasteiger partial charge on any atom is 0.247 e. The number of rotatable bonds is 8. The zero-order valence-corrected chi connectivity index (χ0v) is 17.2. The Hall–Kier alpha value is -4.19. The number of ether oxygens (including phenoxy) is 1. The number of amides is 1. The molecule has 1 amide bonds. The molecule has 0 spiro atoms. The Labute approximate surface area is 185 Å².